The Hall–Kier alpha value is -4.29. The Bertz CT molecular complexity index is 1500. The van der Waals surface area contributed by atoms with Crippen molar-refractivity contribution in [2.24, 2.45) is 11.8 Å². The Kier molecular flexibility index (Phi) is 9.19. The first-order chi connectivity index (χ1) is 19.0. The van der Waals surface area contributed by atoms with Crippen LogP contribution in [0.4, 0.5) is 0 Å². The van der Waals surface area contributed by atoms with Crippen LogP contribution >= 0.6 is 0 Å². The van der Waals surface area contributed by atoms with Gasteiger partial charge in [0.15, 0.2) is 11.4 Å². The molecule has 3 aromatic rings. The van der Waals surface area contributed by atoms with Crippen LogP contribution in [-0.4, -0.2) is 39.1 Å². The van der Waals surface area contributed by atoms with Gasteiger partial charge in [0.25, 0.3) is 0 Å². The molecule has 216 valence electrons. The molecule has 1 fully saturated rings. The molecule has 4 atom stereocenters. The maximum atomic E-state index is 13.8. The number of hydrogen-bond donors (Lipinski definition) is 1. The largest absolute Gasteiger partial charge is 0.482 e. The highest BCUT2D eigenvalue weighted by atomic mass is 16.6. The second kappa shape index (κ2) is 12.1. The molecule has 2 aliphatic rings. The summed E-state index contributed by atoms with van der Waals surface area (Å²) in [6.07, 6.45) is 2.65. The molecule has 1 saturated carbocycles. The first-order valence-electron chi connectivity index (χ1n) is 13.3. The summed E-state index contributed by atoms with van der Waals surface area (Å²) in [5.41, 5.74) is -2.36. The van der Waals surface area contributed by atoms with E-state index in [0.717, 1.165) is 0 Å². The van der Waals surface area contributed by atoms with Gasteiger partial charge in [-0.1, -0.05) is 21.3 Å². The number of ether oxygens (including phenoxy) is 2. The topological polar surface area (TPSA) is 140 Å². The van der Waals surface area contributed by atoms with Gasteiger partial charge in [0.2, 0.25) is 0 Å². The number of ketones is 1. The first kappa shape index (κ1) is 31.2. The molecule has 5 rings (SSSR count). The van der Waals surface area contributed by atoms with Gasteiger partial charge in [-0.3, -0.25) is 9.78 Å². The highest BCUT2D eigenvalue weighted by Gasteiger charge is 2.59. The maximum absolute atomic E-state index is 13.8. The molecule has 0 radical (unpaired) electrons. The van der Waals surface area contributed by atoms with E-state index in [1.807, 2.05) is 19.9 Å². The standard InChI is InChI=1S/C29H26N2O7.C2H6.CH4/c1-28(2,35)19-11-20-25(32)24-22(13-21(36-27(24)34)18-5-4-10-31-15-18)38-29(20,3)23(12-19)37-26(33)17-8-6-16(14-30)7-9-17;1-2;/h4-10,13,15,19-20,23,35H,11-12H2,1-3H3;1-2H3;1H4. The number of esters is 1. The number of pyridine rings is 1. The number of carbonyl (C=O) groups is 2. The van der Waals surface area contributed by atoms with E-state index in [9.17, 15) is 19.5 Å². The number of carbonyl (C=O) groups excluding carboxylic acids is 2. The fourth-order valence-corrected chi connectivity index (χ4v) is 5.29. The molecule has 4 unspecified atom stereocenters. The van der Waals surface area contributed by atoms with E-state index >= 15 is 0 Å². The van der Waals surface area contributed by atoms with E-state index in [1.165, 1.54) is 36.5 Å². The SMILES string of the molecule is C.CC.CC(C)(O)C1CC(OC(=O)c2ccc(C#N)cc2)C2(C)Oc3cc(-c4cccnc4)oc(=O)c3C(=O)C2C1. The van der Waals surface area contributed by atoms with Crippen LogP contribution in [0, 0.1) is 23.2 Å². The van der Waals surface area contributed by atoms with Crippen molar-refractivity contribution in [2.75, 3.05) is 0 Å². The molecule has 0 bridgehead atoms. The van der Waals surface area contributed by atoms with E-state index in [1.54, 1.807) is 39.1 Å². The van der Waals surface area contributed by atoms with E-state index in [2.05, 4.69) is 4.98 Å². The zero-order valence-corrected chi connectivity index (χ0v) is 23.1. The summed E-state index contributed by atoms with van der Waals surface area (Å²) in [4.78, 5) is 43.9. The van der Waals surface area contributed by atoms with Crippen molar-refractivity contribution >= 4 is 11.8 Å². The molecular weight excluding hydrogens is 524 g/mol. The van der Waals surface area contributed by atoms with Crippen LogP contribution in [0.1, 0.15) is 81.2 Å². The van der Waals surface area contributed by atoms with Gasteiger partial charge in [0.05, 0.1) is 28.7 Å². The number of aliphatic hydroxyl groups is 1. The lowest BCUT2D eigenvalue weighted by atomic mass is 9.63. The van der Waals surface area contributed by atoms with Gasteiger partial charge in [-0.05, 0) is 75.9 Å². The van der Waals surface area contributed by atoms with Crippen LogP contribution in [0.5, 0.6) is 5.75 Å². The number of fused-ring (bicyclic) bond motifs is 2. The molecule has 1 N–H and O–H groups in total. The molecule has 9 heteroatoms. The monoisotopic (exact) mass is 560 g/mol. The Morgan fingerprint density at radius 1 is 1.17 bits per heavy atom. The van der Waals surface area contributed by atoms with Crippen molar-refractivity contribution < 1.29 is 28.6 Å². The minimum Gasteiger partial charge on any atom is -0.482 e. The van der Waals surface area contributed by atoms with Crippen LogP contribution < -0.4 is 10.4 Å². The lowest BCUT2D eigenvalue weighted by Gasteiger charge is -2.51. The summed E-state index contributed by atoms with van der Waals surface area (Å²) in [7, 11) is 0. The first-order valence-corrected chi connectivity index (χ1v) is 13.3. The maximum Gasteiger partial charge on any atom is 0.351 e. The summed E-state index contributed by atoms with van der Waals surface area (Å²) in [5.74, 6) is -2.19. The van der Waals surface area contributed by atoms with Crippen molar-refractivity contribution in [2.45, 2.75) is 72.2 Å². The zero-order chi connectivity index (χ0) is 29.2. The molecule has 0 spiro atoms. The fraction of sp³-hybridized carbons (Fsp3) is 0.406. The molecule has 0 saturated heterocycles. The third kappa shape index (κ3) is 5.93. The Morgan fingerprint density at radius 3 is 2.44 bits per heavy atom. The minimum atomic E-state index is -1.31. The molecule has 0 amide bonds. The van der Waals surface area contributed by atoms with Gasteiger partial charge in [-0.2, -0.15) is 5.26 Å². The van der Waals surface area contributed by atoms with Crippen LogP contribution in [0.15, 0.2) is 64.1 Å². The van der Waals surface area contributed by atoms with Gasteiger partial charge >= 0.3 is 11.6 Å². The van der Waals surface area contributed by atoms with Gasteiger partial charge in [-0.15, -0.1) is 0 Å². The van der Waals surface area contributed by atoms with E-state index in [4.69, 9.17) is 19.2 Å². The highest BCUT2D eigenvalue weighted by molar-refractivity contribution is 6.02. The summed E-state index contributed by atoms with van der Waals surface area (Å²) in [6, 6.07) is 12.9. The second-order valence-corrected chi connectivity index (χ2v) is 10.5. The zero-order valence-electron chi connectivity index (χ0n) is 23.1. The van der Waals surface area contributed by atoms with Gasteiger partial charge < -0.3 is 19.0 Å². The van der Waals surface area contributed by atoms with Crippen molar-refractivity contribution in [3.63, 3.8) is 0 Å². The highest BCUT2D eigenvalue weighted by Crippen LogP contribution is 2.50. The molecule has 3 heterocycles. The lowest BCUT2D eigenvalue weighted by molar-refractivity contribution is -0.142. The Labute approximate surface area is 239 Å². The van der Waals surface area contributed by atoms with Gasteiger partial charge in [-0.25, -0.2) is 9.59 Å². The van der Waals surface area contributed by atoms with E-state index in [0.29, 0.717) is 11.1 Å². The van der Waals surface area contributed by atoms with Crippen molar-refractivity contribution in [1.29, 1.82) is 5.26 Å². The predicted molar refractivity (Wildman–Crippen MR) is 153 cm³/mol. The third-order valence-electron chi connectivity index (χ3n) is 7.60. The van der Waals surface area contributed by atoms with Crippen LogP contribution in [0.25, 0.3) is 11.3 Å². The normalized spacial score (nSPS) is 22.8. The number of nitriles is 1. The van der Waals surface area contributed by atoms with Crippen LogP contribution in [0.2, 0.25) is 0 Å². The average Bonchev–Trinajstić information content (AvgIpc) is 2.94. The van der Waals surface area contributed by atoms with Gasteiger partial charge in [0.1, 0.15) is 23.2 Å². The van der Waals surface area contributed by atoms with Crippen molar-refractivity contribution in [3.05, 3.63) is 82.0 Å². The number of benzene rings is 1. The molecule has 9 nitrogen and oxygen atoms in total. The number of aromatic nitrogens is 1. The van der Waals surface area contributed by atoms with Crippen molar-refractivity contribution in [1.82, 2.24) is 4.98 Å². The molecule has 1 aliphatic carbocycles. The summed E-state index contributed by atoms with van der Waals surface area (Å²) in [6.45, 7) is 8.96. The molecule has 41 heavy (non-hydrogen) atoms. The van der Waals surface area contributed by atoms with E-state index < -0.39 is 46.5 Å². The molecule has 2 aromatic heterocycles. The van der Waals surface area contributed by atoms with Crippen LogP contribution in [0.3, 0.4) is 0 Å². The Morgan fingerprint density at radius 2 is 1.85 bits per heavy atom. The predicted octanol–water partition coefficient (Wildman–Crippen LogP) is 5.59. The smallest absolute Gasteiger partial charge is 0.351 e. The molecule has 1 aliphatic heterocycles. The lowest BCUT2D eigenvalue weighted by Crippen LogP contribution is -2.63. The summed E-state index contributed by atoms with van der Waals surface area (Å²) >= 11 is 0. The number of rotatable bonds is 4. The fourth-order valence-electron chi connectivity index (χ4n) is 5.29. The number of nitrogens with zero attached hydrogens (tertiary/aromatic N) is 2. The summed E-state index contributed by atoms with van der Waals surface area (Å²) < 4.78 is 17.8. The molecule has 1 aromatic carbocycles. The second-order valence-electron chi connectivity index (χ2n) is 10.5. The molecular formula is C32H36N2O7. The number of Topliss-reactive ketones (excluding diaryl/α,β-unsaturated/α-hetero) is 1. The van der Waals surface area contributed by atoms with Crippen molar-refractivity contribution in [3.8, 4) is 23.1 Å². The average molecular weight is 561 g/mol. The van der Waals surface area contributed by atoms with Gasteiger partial charge in [0, 0.05) is 24.0 Å². The van der Waals surface area contributed by atoms with Crippen LogP contribution in [-0.2, 0) is 4.74 Å². The third-order valence-corrected chi connectivity index (χ3v) is 7.60. The summed E-state index contributed by atoms with van der Waals surface area (Å²) in [5, 5.41) is 19.9. The Balaban J connectivity index is 0.00000151. The number of hydrogen-bond acceptors (Lipinski definition) is 9. The minimum absolute atomic E-state index is 0. The quantitative estimate of drug-likeness (QED) is 0.404. The van der Waals surface area contributed by atoms with E-state index in [-0.39, 0.29) is 42.9 Å².